The molecule has 1 aromatic heterocycles. The Labute approximate surface area is 105 Å². The average molecular weight is 237 g/mol. The van der Waals surface area contributed by atoms with Crippen LogP contribution in [0.3, 0.4) is 0 Å². The second-order valence-corrected chi connectivity index (χ2v) is 5.07. The van der Waals surface area contributed by atoms with Crippen LogP contribution in [0, 0.1) is 6.92 Å². The summed E-state index contributed by atoms with van der Waals surface area (Å²) in [6, 6.07) is 2.42. The summed E-state index contributed by atoms with van der Waals surface area (Å²) >= 11 is 0. The molecule has 98 valence electrons. The highest BCUT2D eigenvalue weighted by Crippen LogP contribution is 2.10. The summed E-state index contributed by atoms with van der Waals surface area (Å²) in [6.07, 6.45) is 8.69. The van der Waals surface area contributed by atoms with E-state index in [9.17, 15) is 0 Å². The molecular weight excluding hydrogens is 210 g/mol. The summed E-state index contributed by atoms with van der Waals surface area (Å²) in [5, 5.41) is 4.35. The van der Waals surface area contributed by atoms with Gasteiger partial charge in [-0.2, -0.15) is 5.10 Å². The molecule has 0 aromatic carbocycles. The molecule has 0 spiro atoms. The van der Waals surface area contributed by atoms with Crippen molar-refractivity contribution in [1.29, 1.82) is 0 Å². The van der Waals surface area contributed by atoms with Crippen LogP contribution < -0.4 is 5.73 Å². The van der Waals surface area contributed by atoms with E-state index in [1.807, 2.05) is 18.7 Å². The van der Waals surface area contributed by atoms with E-state index in [1.54, 1.807) is 0 Å². The highest BCUT2D eigenvalue weighted by molar-refractivity contribution is 5.09. The van der Waals surface area contributed by atoms with Gasteiger partial charge in [-0.05, 0) is 19.4 Å². The predicted octanol–water partition coefficient (Wildman–Crippen LogP) is 2.96. The third-order valence-corrected chi connectivity index (χ3v) is 3.25. The monoisotopic (exact) mass is 237 g/mol. The van der Waals surface area contributed by atoms with Crippen LogP contribution in [-0.2, 0) is 13.5 Å². The zero-order valence-corrected chi connectivity index (χ0v) is 11.6. The van der Waals surface area contributed by atoms with Gasteiger partial charge in [-0.1, -0.05) is 39.0 Å². The Bertz CT molecular complexity index is 317. The molecule has 1 rings (SSSR count). The number of aryl methyl sites for hydroxylation is 2. The molecule has 3 heteroatoms. The zero-order valence-electron chi connectivity index (χ0n) is 11.6. The molecule has 0 saturated heterocycles. The SMILES string of the molecule is CCCCCCCC(N)Cc1cc(C)nn1C. The Morgan fingerprint density at radius 3 is 2.59 bits per heavy atom. The molecule has 0 aliphatic rings. The molecule has 0 bridgehead atoms. The molecule has 0 saturated carbocycles. The maximum atomic E-state index is 6.16. The summed E-state index contributed by atoms with van der Waals surface area (Å²) < 4.78 is 1.95. The lowest BCUT2D eigenvalue weighted by Crippen LogP contribution is -2.23. The maximum absolute atomic E-state index is 6.16. The third kappa shape index (κ3) is 5.35. The van der Waals surface area contributed by atoms with Crippen LogP contribution in [0.5, 0.6) is 0 Å². The Kier molecular flexibility index (Phi) is 6.27. The van der Waals surface area contributed by atoms with Crippen molar-refractivity contribution in [2.24, 2.45) is 12.8 Å². The fourth-order valence-electron chi connectivity index (χ4n) is 2.24. The van der Waals surface area contributed by atoms with Crippen molar-refractivity contribution in [2.45, 2.75) is 64.8 Å². The topological polar surface area (TPSA) is 43.8 Å². The zero-order chi connectivity index (χ0) is 12.7. The van der Waals surface area contributed by atoms with Crippen LogP contribution in [0.15, 0.2) is 6.07 Å². The van der Waals surface area contributed by atoms with Gasteiger partial charge in [0.05, 0.1) is 5.69 Å². The number of aromatic nitrogens is 2. The average Bonchev–Trinajstić information content (AvgIpc) is 2.57. The first-order chi connectivity index (χ1) is 8.13. The van der Waals surface area contributed by atoms with Gasteiger partial charge in [-0.3, -0.25) is 4.68 Å². The lowest BCUT2D eigenvalue weighted by molar-refractivity contribution is 0.525. The lowest BCUT2D eigenvalue weighted by atomic mass is 10.0. The quantitative estimate of drug-likeness (QED) is 0.706. The highest BCUT2D eigenvalue weighted by atomic mass is 15.3. The summed E-state index contributed by atoms with van der Waals surface area (Å²) in [5.74, 6) is 0. The van der Waals surface area contributed by atoms with E-state index in [1.165, 1.54) is 37.8 Å². The van der Waals surface area contributed by atoms with E-state index in [4.69, 9.17) is 5.73 Å². The normalized spacial score (nSPS) is 12.9. The van der Waals surface area contributed by atoms with E-state index >= 15 is 0 Å². The molecule has 0 radical (unpaired) electrons. The van der Waals surface area contributed by atoms with Gasteiger partial charge < -0.3 is 5.73 Å². The van der Waals surface area contributed by atoms with E-state index in [2.05, 4.69) is 18.1 Å². The van der Waals surface area contributed by atoms with Crippen LogP contribution in [-0.4, -0.2) is 15.8 Å². The third-order valence-electron chi connectivity index (χ3n) is 3.25. The molecule has 1 atom stereocenters. The highest BCUT2D eigenvalue weighted by Gasteiger charge is 2.08. The molecule has 17 heavy (non-hydrogen) atoms. The first kappa shape index (κ1) is 14.2. The van der Waals surface area contributed by atoms with E-state index in [-0.39, 0.29) is 6.04 Å². The number of unbranched alkanes of at least 4 members (excludes halogenated alkanes) is 4. The predicted molar refractivity (Wildman–Crippen MR) is 73.0 cm³/mol. The fraction of sp³-hybridized carbons (Fsp3) is 0.786. The van der Waals surface area contributed by atoms with Crippen molar-refractivity contribution < 1.29 is 0 Å². The second kappa shape index (κ2) is 7.49. The standard InChI is InChI=1S/C14H27N3/c1-4-5-6-7-8-9-13(15)11-14-10-12(2)16-17(14)3/h10,13H,4-9,11,15H2,1-3H3. The van der Waals surface area contributed by atoms with Crippen LogP contribution in [0.4, 0.5) is 0 Å². The van der Waals surface area contributed by atoms with Crippen molar-refractivity contribution in [3.63, 3.8) is 0 Å². The minimum Gasteiger partial charge on any atom is -0.327 e. The molecule has 1 heterocycles. The summed E-state index contributed by atoms with van der Waals surface area (Å²) in [4.78, 5) is 0. The smallest absolute Gasteiger partial charge is 0.0596 e. The molecule has 2 N–H and O–H groups in total. The largest absolute Gasteiger partial charge is 0.327 e. The Hall–Kier alpha value is -0.830. The minimum absolute atomic E-state index is 0.284. The van der Waals surface area contributed by atoms with E-state index in [0.29, 0.717) is 0 Å². The molecule has 0 aliphatic heterocycles. The van der Waals surface area contributed by atoms with Crippen LogP contribution in [0.2, 0.25) is 0 Å². The van der Waals surface area contributed by atoms with E-state index < -0.39 is 0 Å². The molecular formula is C14H27N3. The van der Waals surface area contributed by atoms with Gasteiger partial charge >= 0.3 is 0 Å². The van der Waals surface area contributed by atoms with Crippen LogP contribution in [0.25, 0.3) is 0 Å². The molecule has 0 aliphatic carbocycles. The number of hydrogen-bond donors (Lipinski definition) is 1. The van der Waals surface area contributed by atoms with Gasteiger partial charge in [-0.25, -0.2) is 0 Å². The van der Waals surface area contributed by atoms with Gasteiger partial charge in [-0.15, -0.1) is 0 Å². The Balaban J connectivity index is 2.20. The van der Waals surface area contributed by atoms with Crippen molar-refractivity contribution in [2.75, 3.05) is 0 Å². The van der Waals surface area contributed by atoms with E-state index in [0.717, 1.165) is 18.5 Å². The number of hydrogen-bond acceptors (Lipinski definition) is 2. The van der Waals surface area contributed by atoms with Crippen molar-refractivity contribution >= 4 is 0 Å². The van der Waals surface area contributed by atoms with Gasteiger partial charge in [0.25, 0.3) is 0 Å². The van der Waals surface area contributed by atoms with Crippen molar-refractivity contribution in [1.82, 2.24) is 9.78 Å². The lowest BCUT2D eigenvalue weighted by Gasteiger charge is -2.11. The summed E-state index contributed by atoms with van der Waals surface area (Å²) in [6.45, 7) is 4.27. The Morgan fingerprint density at radius 1 is 1.29 bits per heavy atom. The molecule has 1 unspecified atom stereocenters. The van der Waals surface area contributed by atoms with Crippen molar-refractivity contribution in [3.8, 4) is 0 Å². The number of nitrogens with zero attached hydrogens (tertiary/aromatic N) is 2. The second-order valence-electron chi connectivity index (χ2n) is 5.07. The summed E-state index contributed by atoms with van der Waals surface area (Å²) in [5.41, 5.74) is 8.49. The molecule has 3 nitrogen and oxygen atoms in total. The molecule has 0 fully saturated rings. The maximum Gasteiger partial charge on any atom is 0.0596 e. The van der Waals surface area contributed by atoms with Gasteiger partial charge in [0.2, 0.25) is 0 Å². The first-order valence-corrected chi connectivity index (χ1v) is 6.88. The van der Waals surface area contributed by atoms with Crippen LogP contribution in [0.1, 0.15) is 56.8 Å². The van der Waals surface area contributed by atoms with Gasteiger partial charge in [0.15, 0.2) is 0 Å². The molecule has 1 aromatic rings. The van der Waals surface area contributed by atoms with Gasteiger partial charge in [0.1, 0.15) is 0 Å². The van der Waals surface area contributed by atoms with Crippen LogP contribution >= 0.6 is 0 Å². The minimum atomic E-state index is 0.284. The summed E-state index contributed by atoms with van der Waals surface area (Å²) in [7, 11) is 2.00. The molecule has 0 amide bonds. The van der Waals surface area contributed by atoms with Gasteiger partial charge in [0, 0.05) is 25.2 Å². The number of rotatable bonds is 8. The number of nitrogens with two attached hydrogens (primary N) is 1. The Morgan fingerprint density at radius 2 is 2.00 bits per heavy atom. The van der Waals surface area contributed by atoms with Crippen molar-refractivity contribution in [3.05, 3.63) is 17.5 Å². The first-order valence-electron chi connectivity index (χ1n) is 6.88. The fourth-order valence-corrected chi connectivity index (χ4v) is 2.24.